The van der Waals surface area contributed by atoms with Crippen molar-refractivity contribution in [1.29, 1.82) is 0 Å². The van der Waals surface area contributed by atoms with E-state index in [2.05, 4.69) is 22.9 Å². The van der Waals surface area contributed by atoms with Gasteiger partial charge in [0, 0.05) is 10.2 Å². The Kier molecular flexibility index (Phi) is 5.65. The summed E-state index contributed by atoms with van der Waals surface area (Å²) in [7, 11) is 0. The molecule has 1 N–H and O–H groups in total. The van der Waals surface area contributed by atoms with Gasteiger partial charge in [0.1, 0.15) is 5.58 Å². The van der Waals surface area contributed by atoms with E-state index in [1.54, 1.807) is 35.2 Å². The summed E-state index contributed by atoms with van der Waals surface area (Å²) in [5.74, 6) is -0.0915. The number of hydrogen-bond donors (Lipinski definition) is 1. The van der Waals surface area contributed by atoms with Gasteiger partial charge in [-0.1, -0.05) is 41.1 Å². The van der Waals surface area contributed by atoms with Crippen LogP contribution in [-0.4, -0.2) is 17.6 Å². The van der Waals surface area contributed by atoms with Crippen molar-refractivity contribution in [2.24, 2.45) is 0 Å². The number of aryl methyl sites for hydroxylation is 1. The first kappa shape index (κ1) is 22.2. The van der Waals surface area contributed by atoms with Crippen LogP contribution < -0.4 is 15.1 Å². The Balaban J connectivity index is 1.78. The number of aromatic hydroxyl groups is 1. The minimum atomic E-state index is -0.741. The summed E-state index contributed by atoms with van der Waals surface area (Å²) in [6.07, 6.45) is 0.869. The number of carbonyl (C=O) groups excluding carboxylic acids is 1. The van der Waals surface area contributed by atoms with Gasteiger partial charge in [0.15, 0.2) is 16.9 Å². The van der Waals surface area contributed by atoms with E-state index in [4.69, 9.17) is 9.15 Å². The molecule has 1 amide bonds. The molecule has 0 aliphatic carbocycles. The monoisotopic (exact) mass is 519 g/mol. The Morgan fingerprint density at radius 2 is 1.79 bits per heavy atom. The molecule has 172 valence electrons. The van der Waals surface area contributed by atoms with Crippen molar-refractivity contribution in [3.63, 3.8) is 0 Å². The number of ether oxygens (including phenoxy) is 1. The molecule has 34 heavy (non-hydrogen) atoms. The normalized spacial score (nSPS) is 15.1. The molecule has 1 aliphatic rings. The molecule has 0 spiro atoms. The number of hydrogen-bond acceptors (Lipinski definition) is 5. The van der Waals surface area contributed by atoms with Crippen molar-refractivity contribution >= 4 is 38.5 Å². The second-order valence-corrected chi connectivity index (χ2v) is 8.99. The van der Waals surface area contributed by atoms with Gasteiger partial charge in [0.05, 0.1) is 23.6 Å². The molecule has 3 aromatic carbocycles. The maximum atomic E-state index is 13.7. The van der Waals surface area contributed by atoms with Gasteiger partial charge in [-0.3, -0.25) is 14.5 Å². The molecule has 1 aliphatic heterocycles. The summed E-state index contributed by atoms with van der Waals surface area (Å²) in [5.41, 5.74) is 2.77. The molecule has 6 nitrogen and oxygen atoms in total. The highest BCUT2D eigenvalue weighted by Gasteiger charge is 2.44. The summed E-state index contributed by atoms with van der Waals surface area (Å²) in [6, 6.07) is 17.0. The molecule has 5 rings (SSSR count). The van der Waals surface area contributed by atoms with Crippen LogP contribution in [0.4, 0.5) is 5.69 Å². The Morgan fingerprint density at radius 3 is 2.50 bits per heavy atom. The number of nitrogens with zero attached hydrogens (tertiary/aromatic N) is 1. The standard InChI is InChI=1S/C27H22BrNO5/c1-3-15-5-9-18(10-6-15)29-24(16-7-11-20(30)22(13-16)33-4-2)23-25(31)19-14-17(28)8-12-21(19)34-26(23)27(29)32/h5-14,24,30H,3-4H2,1-2H3. The lowest BCUT2D eigenvalue weighted by atomic mass is 9.97. The van der Waals surface area contributed by atoms with E-state index in [0.29, 0.717) is 28.8 Å². The number of phenols is 1. The van der Waals surface area contributed by atoms with Crippen molar-refractivity contribution in [1.82, 2.24) is 0 Å². The summed E-state index contributed by atoms with van der Waals surface area (Å²) in [5, 5.41) is 10.6. The van der Waals surface area contributed by atoms with Crippen LogP contribution in [0, 0.1) is 0 Å². The molecule has 0 radical (unpaired) electrons. The second-order valence-electron chi connectivity index (χ2n) is 8.07. The number of amides is 1. The zero-order valence-corrected chi connectivity index (χ0v) is 20.3. The summed E-state index contributed by atoms with van der Waals surface area (Å²) < 4.78 is 12.3. The van der Waals surface area contributed by atoms with Crippen molar-refractivity contribution in [3.8, 4) is 11.5 Å². The minimum absolute atomic E-state index is 0.0107. The van der Waals surface area contributed by atoms with E-state index >= 15 is 0 Å². The van der Waals surface area contributed by atoms with Crippen LogP contribution in [0.15, 0.2) is 74.3 Å². The Hall–Kier alpha value is -3.58. The lowest BCUT2D eigenvalue weighted by Gasteiger charge is -2.26. The molecule has 1 unspecified atom stereocenters. The number of fused-ring (bicyclic) bond motifs is 2. The highest BCUT2D eigenvalue weighted by molar-refractivity contribution is 9.10. The van der Waals surface area contributed by atoms with Gasteiger partial charge in [-0.25, -0.2) is 0 Å². The lowest BCUT2D eigenvalue weighted by Crippen LogP contribution is -2.29. The van der Waals surface area contributed by atoms with E-state index in [0.717, 1.165) is 16.5 Å². The van der Waals surface area contributed by atoms with Crippen LogP contribution in [0.2, 0.25) is 0 Å². The van der Waals surface area contributed by atoms with Crippen molar-refractivity contribution in [2.75, 3.05) is 11.5 Å². The van der Waals surface area contributed by atoms with Crippen molar-refractivity contribution < 1.29 is 19.1 Å². The molecular weight excluding hydrogens is 498 g/mol. The van der Waals surface area contributed by atoms with Gasteiger partial charge >= 0.3 is 0 Å². The average Bonchev–Trinajstić information content (AvgIpc) is 3.13. The highest BCUT2D eigenvalue weighted by atomic mass is 79.9. The van der Waals surface area contributed by atoms with E-state index in [1.165, 1.54) is 6.07 Å². The number of benzene rings is 3. The SMILES string of the molecule is CCOc1cc(C2c3c(oc4ccc(Br)cc4c3=O)C(=O)N2c2ccc(CC)cc2)ccc1O. The van der Waals surface area contributed by atoms with Crippen LogP contribution in [0.5, 0.6) is 11.5 Å². The third kappa shape index (κ3) is 3.56. The Bertz CT molecular complexity index is 1480. The molecule has 0 saturated carbocycles. The highest BCUT2D eigenvalue weighted by Crippen LogP contribution is 2.43. The molecule has 0 saturated heterocycles. The summed E-state index contributed by atoms with van der Waals surface area (Å²) >= 11 is 3.41. The molecule has 1 atom stereocenters. The smallest absolute Gasteiger partial charge is 0.295 e. The van der Waals surface area contributed by atoms with E-state index in [1.807, 2.05) is 31.2 Å². The second kappa shape index (κ2) is 8.65. The predicted molar refractivity (Wildman–Crippen MR) is 134 cm³/mol. The van der Waals surface area contributed by atoms with Crippen LogP contribution in [0.1, 0.15) is 47.1 Å². The summed E-state index contributed by atoms with van der Waals surface area (Å²) in [4.78, 5) is 29.0. The zero-order chi connectivity index (χ0) is 24.0. The fourth-order valence-electron chi connectivity index (χ4n) is 4.39. The van der Waals surface area contributed by atoms with Gasteiger partial charge in [-0.05, 0) is 66.9 Å². The molecule has 0 bridgehead atoms. The van der Waals surface area contributed by atoms with Crippen LogP contribution in [0.3, 0.4) is 0 Å². The number of anilines is 1. The third-order valence-corrected chi connectivity index (χ3v) is 6.55. The number of rotatable bonds is 5. The number of phenolic OH excluding ortho intramolecular Hbond substituents is 1. The van der Waals surface area contributed by atoms with Crippen molar-refractivity contribution in [2.45, 2.75) is 26.3 Å². The Labute approximate surface area is 204 Å². The van der Waals surface area contributed by atoms with E-state index in [9.17, 15) is 14.7 Å². The zero-order valence-electron chi connectivity index (χ0n) is 18.7. The first-order chi connectivity index (χ1) is 16.4. The van der Waals surface area contributed by atoms with Gasteiger partial charge < -0.3 is 14.3 Å². The Morgan fingerprint density at radius 1 is 1.03 bits per heavy atom. The maximum Gasteiger partial charge on any atom is 0.295 e. The van der Waals surface area contributed by atoms with Crippen LogP contribution >= 0.6 is 15.9 Å². The molecule has 1 aromatic heterocycles. The van der Waals surface area contributed by atoms with Gasteiger partial charge in [-0.2, -0.15) is 0 Å². The number of carbonyl (C=O) groups is 1. The van der Waals surface area contributed by atoms with Crippen LogP contribution in [-0.2, 0) is 6.42 Å². The number of halogens is 1. The summed E-state index contributed by atoms with van der Waals surface area (Å²) in [6.45, 7) is 4.24. The topological polar surface area (TPSA) is 80.0 Å². The minimum Gasteiger partial charge on any atom is -0.504 e. The van der Waals surface area contributed by atoms with Crippen molar-refractivity contribution in [3.05, 3.63) is 97.8 Å². The van der Waals surface area contributed by atoms with Gasteiger partial charge in [-0.15, -0.1) is 0 Å². The quantitative estimate of drug-likeness (QED) is 0.351. The first-order valence-electron chi connectivity index (χ1n) is 11.1. The average molecular weight is 520 g/mol. The van der Waals surface area contributed by atoms with E-state index < -0.39 is 11.9 Å². The molecular formula is C27H22BrNO5. The predicted octanol–water partition coefficient (Wildman–Crippen LogP) is 5.97. The molecule has 4 aromatic rings. The van der Waals surface area contributed by atoms with E-state index in [-0.39, 0.29) is 28.3 Å². The lowest BCUT2D eigenvalue weighted by molar-refractivity contribution is 0.0971. The molecule has 2 heterocycles. The fourth-order valence-corrected chi connectivity index (χ4v) is 4.75. The van der Waals surface area contributed by atoms with Crippen LogP contribution in [0.25, 0.3) is 11.0 Å². The molecule has 7 heteroatoms. The van der Waals surface area contributed by atoms with Gasteiger partial charge in [0.2, 0.25) is 5.76 Å². The largest absolute Gasteiger partial charge is 0.504 e. The van der Waals surface area contributed by atoms with Gasteiger partial charge in [0.25, 0.3) is 5.91 Å². The maximum absolute atomic E-state index is 13.7. The fraction of sp³-hybridized carbons (Fsp3) is 0.185. The first-order valence-corrected chi connectivity index (χ1v) is 11.9. The molecule has 0 fully saturated rings. The third-order valence-electron chi connectivity index (χ3n) is 6.05.